The van der Waals surface area contributed by atoms with E-state index >= 15 is 0 Å². The molecule has 0 atom stereocenters. The van der Waals surface area contributed by atoms with E-state index in [2.05, 4.69) is 100 Å². The molecule has 0 unspecified atom stereocenters. The molecule has 0 saturated heterocycles. The zero-order chi connectivity index (χ0) is 29.8. The number of hydrogen-bond acceptors (Lipinski definition) is 3. The summed E-state index contributed by atoms with van der Waals surface area (Å²) in [6.07, 6.45) is 0. The topological polar surface area (TPSA) is 81.2 Å². The molecule has 2 heterocycles. The average Bonchev–Trinajstić information content (AvgIpc) is 3.60. The smallest absolute Gasteiger partial charge is 0.101 e. The SMILES string of the molecule is N#Cc1ccc2c(c1)c1cc(C#N)ccc1n2-c1cc(-c2ccccc2-n2c3ccccc3c3ccccc32)ccc1C#N. The van der Waals surface area contributed by atoms with Crippen LogP contribution in [0.3, 0.4) is 0 Å². The second kappa shape index (κ2) is 9.74. The summed E-state index contributed by atoms with van der Waals surface area (Å²) in [5.74, 6) is 0. The Balaban J connectivity index is 1.42. The summed E-state index contributed by atoms with van der Waals surface area (Å²) in [7, 11) is 0. The summed E-state index contributed by atoms with van der Waals surface area (Å²) in [6.45, 7) is 0. The normalized spacial score (nSPS) is 11.1. The van der Waals surface area contributed by atoms with Crippen molar-refractivity contribution in [3.05, 3.63) is 144 Å². The van der Waals surface area contributed by atoms with Crippen molar-refractivity contribution in [2.45, 2.75) is 0 Å². The number of para-hydroxylation sites is 3. The van der Waals surface area contributed by atoms with Gasteiger partial charge in [0.25, 0.3) is 0 Å². The highest BCUT2D eigenvalue weighted by Gasteiger charge is 2.19. The van der Waals surface area contributed by atoms with Gasteiger partial charge in [0.05, 0.1) is 62.3 Å². The predicted octanol–water partition coefficient (Wildman–Crippen LogP) is 9.16. The van der Waals surface area contributed by atoms with Crippen LogP contribution in [0.2, 0.25) is 0 Å². The van der Waals surface area contributed by atoms with E-state index in [9.17, 15) is 15.8 Å². The fourth-order valence-corrected chi connectivity index (χ4v) is 6.50. The van der Waals surface area contributed by atoms with Crippen LogP contribution >= 0.6 is 0 Å². The van der Waals surface area contributed by atoms with E-state index in [1.165, 1.54) is 10.8 Å². The lowest BCUT2D eigenvalue weighted by Gasteiger charge is -2.16. The molecule has 0 saturated carbocycles. The molecule has 2 aromatic heterocycles. The highest BCUT2D eigenvalue weighted by molar-refractivity contribution is 6.11. The predicted molar refractivity (Wildman–Crippen MR) is 175 cm³/mol. The molecule has 8 rings (SSSR count). The molecule has 0 spiro atoms. The lowest BCUT2D eigenvalue weighted by Crippen LogP contribution is -2.00. The maximum absolute atomic E-state index is 10.3. The van der Waals surface area contributed by atoms with Gasteiger partial charge in [0.15, 0.2) is 0 Å². The van der Waals surface area contributed by atoms with Gasteiger partial charge in [-0.2, -0.15) is 15.8 Å². The largest absolute Gasteiger partial charge is 0.309 e. The van der Waals surface area contributed by atoms with Crippen molar-refractivity contribution in [1.82, 2.24) is 9.13 Å². The zero-order valence-corrected chi connectivity index (χ0v) is 23.4. The Morgan fingerprint density at radius 2 is 0.932 bits per heavy atom. The van der Waals surface area contributed by atoms with Gasteiger partial charge in [-0.1, -0.05) is 60.7 Å². The standard InChI is InChI=1S/C39H21N5/c40-22-25-13-17-37-32(19-25)33-20-26(23-41)14-18-38(33)44(37)39-21-27(15-16-28(39)24-42)29-7-1-4-10-34(29)43-35-11-5-2-8-30(35)31-9-3-6-12-36(31)43/h1-21H. The molecule has 5 nitrogen and oxygen atoms in total. The molecule has 202 valence electrons. The number of rotatable bonds is 3. The quantitative estimate of drug-likeness (QED) is 0.216. The molecule has 0 aliphatic rings. The highest BCUT2D eigenvalue weighted by atomic mass is 15.0. The van der Waals surface area contributed by atoms with Gasteiger partial charge in [0.2, 0.25) is 0 Å². The minimum atomic E-state index is 0.524. The van der Waals surface area contributed by atoms with Crippen LogP contribution in [0, 0.1) is 34.0 Å². The van der Waals surface area contributed by atoms with E-state index in [0.29, 0.717) is 16.7 Å². The third-order valence-electron chi connectivity index (χ3n) is 8.42. The summed E-state index contributed by atoms with van der Waals surface area (Å²) in [4.78, 5) is 0. The molecule has 6 aromatic carbocycles. The molecule has 0 aliphatic carbocycles. The van der Waals surface area contributed by atoms with Crippen molar-refractivity contribution in [3.63, 3.8) is 0 Å². The van der Waals surface area contributed by atoms with E-state index in [1.54, 1.807) is 12.1 Å². The number of fused-ring (bicyclic) bond motifs is 6. The molecule has 0 aliphatic heterocycles. The molecular weight excluding hydrogens is 538 g/mol. The molecule has 44 heavy (non-hydrogen) atoms. The third kappa shape index (κ3) is 3.63. The van der Waals surface area contributed by atoms with Gasteiger partial charge < -0.3 is 9.13 Å². The monoisotopic (exact) mass is 559 g/mol. The molecular formula is C39H21N5. The van der Waals surface area contributed by atoms with E-state index in [4.69, 9.17) is 0 Å². The fourth-order valence-electron chi connectivity index (χ4n) is 6.50. The zero-order valence-electron chi connectivity index (χ0n) is 23.4. The minimum Gasteiger partial charge on any atom is -0.309 e. The molecule has 5 heteroatoms. The number of aromatic nitrogens is 2. The highest BCUT2D eigenvalue weighted by Crippen LogP contribution is 2.39. The Hall–Kier alpha value is -6.61. The maximum Gasteiger partial charge on any atom is 0.101 e. The van der Waals surface area contributed by atoms with Gasteiger partial charge in [-0.25, -0.2) is 0 Å². The molecule has 0 radical (unpaired) electrons. The summed E-state index contributed by atoms with van der Waals surface area (Å²) >= 11 is 0. The van der Waals surface area contributed by atoms with Crippen molar-refractivity contribution in [2.24, 2.45) is 0 Å². The first-order chi connectivity index (χ1) is 21.7. The number of benzene rings is 6. The summed E-state index contributed by atoms with van der Waals surface area (Å²) in [5, 5.41) is 33.6. The molecule has 0 amide bonds. The van der Waals surface area contributed by atoms with Crippen LogP contribution in [0.25, 0.3) is 66.1 Å². The van der Waals surface area contributed by atoms with Crippen LogP contribution in [0.1, 0.15) is 16.7 Å². The molecule has 0 fully saturated rings. The molecule has 0 bridgehead atoms. The van der Waals surface area contributed by atoms with E-state index in [0.717, 1.165) is 55.3 Å². The van der Waals surface area contributed by atoms with Crippen LogP contribution in [0.5, 0.6) is 0 Å². The van der Waals surface area contributed by atoms with Gasteiger partial charge in [0, 0.05) is 27.1 Å². The van der Waals surface area contributed by atoms with Gasteiger partial charge in [-0.05, 0) is 72.3 Å². The summed E-state index contributed by atoms with van der Waals surface area (Å²) < 4.78 is 4.38. The van der Waals surface area contributed by atoms with Crippen LogP contribution in [0.15, 0.2) is 127 Å². The Morgan fingerprint density at radius 1 is 0.409 bits per heavy atom. The number of nitrogens with zero attached hydrogens (tertiary/aromatic N) is 5. The van der Waals surface area contributed by atoms with Crippen molar-refractivity contribution in [2.75, 3.05) is 0 Å². The van der Waals surface area contributed by atoms with Crippen molar-refractivity contribution >= 4 is 43.6 Å². The maximum atomic E-state index is 10.3. The lowest BCUT2D eigenvalue weighted by molar-refractivity contribution is 1.16. The van der Waals surface area contributed by atoms with Crippen molar-refractivity contribution in [1.29, 1.82) is 15.8 Å². The van der Waals surface area contributed by atoms with E-state index in [-0.39, 0.29) is 0 Å². The first-order valence-electron chi connectivity index (χ1n) is 14.2. The summed E-state index contributed by atoms with van der Waals surface area (Å²) in [6, 6.07) is 49.2. The Kier molecular flexibility index (Phi) is 5.56. The second-order valence-electron chi connectivity index (χ2n) is 10.8. The van der Waals surface area contributed by atoms with Crippen LogP contribution < -0.4 is 0 Å². The fraction of sp³-hybridized carbons (Fsp3) is 0. The molecule has 8 aromatic rings. The average molecular weight is 560 g/mol. The van der Waals surface area contributed by atoms with Gasteiger partial charge in [-0.15, -0.1) is 0 Å². The number of hydrogen-bond donors (Lipinski definition) is 0. The van der Waals surface area contributed by atoms with Gasteiger partial charge in [0.1, 0.15) is 6.07 Å². The minimum absolute atomic E-state index is 0.524. The van der Waals surface area contributed by atoms with Crippen LogP contribution in [-0.4, -0.2) is 9.13 Å². The second-order valence-corrected chi connectivity index (χ2v) is 10.8. The van der Waals surface area contributed by atoms with Gasteiger partial charge in [-0.3, -0.25) is 0 Å². The van der Waals surface area contributed by atoms with Crippen LogP contribution in [-0.2, 0) is 0 Å². The van der Waals surface area contributed by atoms with E-state index < -0.39 is 0 Å². The van der Waals surface area contributed by atoms with Gasteiger partial charge >= 0.3 is 0 Å². The Labute approximate surface area is 252 Å². The first-order valence-corrected chi connectivity index (χ1v) is 14.2. The number of nitriles is 3. The van der Waals surface area contributed by atoms with Crippen molar-refractivity contribution < 1.29 is 0 Å². The first kappa shape index (κ1) is 25.1. The van der Waals surface area contributed by atoms with Crippen LogP contribution in [0.4, 0.5) is 0 Å². The van der Waals surface area contributed by atoms with E-state index in [1.807, 2.05) is 42.5 Å². The Bertz CT molecular complexity index is 2470. The Morgan fingerprint density at radius 3 is 1.52 bits per heavy atom. The lowest BCUT2D eigenvalue weighted by atomic mass is 10.00. The third-order valence-corrected chi connectivity index (χ3v) is 8.42. The molecule has 0 N–H and O–H groups in total. The van der Waals surface area contributed by atoms with Crippen molar-refractivity contribution in [3.8, 4) is 40.7 Å². The summed E-state index contributed by atoms with van der Waals surface area (Å²) in [5.41, 5.74) is 9.33.